The first-order valence-corrected chi connectivity index (χ1v) is 8.31. The lowest BCUT2D eigenvalue weighted by Crippen LogP contribution is -2.07. The topological polar surface area (TPSA) is 197 Å². The second kappa shape index (κ2) is 11.5. The molecule has 19 heavy (non-hydrogen) atoms. The lowest BCUT2D eigenvalue weighted by Gasteiger charge is -2.08. The Bertz CT molecular complexity index is 355. The molecule has 0 aliphatic carbocycles. The lowest BCUT2D eigenvalue weighted by atomic mass is 10.3. The third kappa shape index (κ3) is 23.2. The Balaban J connectivity index is -0.00000128. The van der Waals surface area contributed by atoms with E-state index in [2.05, 4.69) is 0 Å². The normalized spacial score (nSPS) is 11.5. The van der Waals surface area contributed by atoms with Gasteiger partial charge in [0.05, 0.1) is 20.2 Å². The molecule has 0 saturated heterocycles. The van der Waals surface area contributed by atoms with Crippen LogP contribution in [0.3, 0.4) is 0 Å². The number of hydrogen-bond acceptors (Lipinski definition) is 7. The summed E-state index contributed by atoms with van der Waals surface area (Å²) in [5.74, 6) is -0.796. The van der Waals surface area contributed by atoms with Crippen molar-refractivity contribution in [2.75, 3.05) is 24.7 Å². The summed E-state index contributed by atoms with van der Waals surface area (Å²) in [6.45, 7) is 0.638. The first kappa shape index (κ1) is 23.8. The monoisotopic (exact) mass is 324 g/mol. The smallest absolute Gasteiger partial charge is 0.0945 e. The van der Waals surface area contributed by atoms with Crippen LogP contribution in [0.4, 0.5) is 0 Å². The molecule has 0 saturated carbocycles. The maximum Gasteiger partial charge on any atom is 0.0945 e. The van der Waals surface area contributed by atoms with E-state index in [1.807, 2.05) is 0 Å². The van der Waals surface area contributed by atoms with E-state index in [0.29, 0.717) is 26.1 Å². The summed E-state index contributed by atoms with van der Waals surface area (Å²) in [5, 5.41) is 0. The van der Waals surface area contributed by atoms with E-state index in [1.165, 1.54) is 0 Å². The molecule has 0 fully saturated rings. The molecule has 0 aliphatic heterocycles. The Labute approximate surface area is 114 Å². The van der Waals surface area contributed by atoms with Crippen molar-refractivity contribution in [3.63, 3.8) is 0 Å². The Morgan fingerprint density at radius 1 is 0.684 bits per heavy atom. The fourth-order valence-corrected chi connectivity index (χ4v) is 2.18. The van der Waals surface area contributed by atoms with Crippen molar-refractivity contribution < 1.29 is 30.7 Å². The SMILES string of the molecule is O=S(=O)([O-])CCCCOCCCCS(=O)(=O)[O-].[NH4+].[NH4+]. The average Bonchev–Trinajstić information content (AvgIpc) is 2.11. The standard InChI is InChI=1S/C8H18O7S2.2H3N/c9-16(10,11)7-3-1-5-15-6-2-4-8-17(12,13)14;;/h1-8H2,(H,9,10,11)(H,12,13,14);2*1H3. The van der Waals surface area contributed by atoms with Crippen LogP contribution in [0.25, 0.3) is 0 Å². The van der Waals surface area contributed by atoms with Crippen molar-refractivity contribution in [1.82, 2.24) is 12.3 Å². The molecular weight excluding hydrogens is 300 g/mol. The van der Waals surface area contributed by atoms with E-state index in [0.717, 1.165) is 0 Å². The number of ether oxygens (including phenoxy) is 1. The zero-order valence-electron chi connectivity index (χ0n) is 11.3. The van der Waals surface area contributed by atoms with Crippen molar-refractivity contribution in [2.45, 2.75) is 25.7 Å². The van der Waals surface area contributed by atoms with Gasteiger partial charge in [-0.05, 0) is 25.7 Å². The summed E-state index contributed by atoms with van der Waals surface area (Å²) in [4.78, 5) is 0. The predicted octanol–water partition coefficient (Wildman–Crippen LogP) is 0.406. The molecule has 8 N–H and O–H groups in total. The van der Waals surface area contributed by atoms with Gasteiger partial charge in [-0.3, -0.25) is 0 Å². The summed E-state index contributed by atoms with van der Waals surface area (Å²) < 4.78 is 66.4. The molecule has 0 rings (SSSR count). The van der Waals surface area contributed by atoms with Gasteiger partial charge >= 0.3 is 0 Å². The van der Waals surface area contributed by atoms with Crippen LogP contribution in [0.2, 0.25) is 0 Å². The van der Waals surface area contributed by atoms with Gasteiger partial charge in [-0.25, -0.2) is 16.8 Å². The minimum absolute atomic E-state index is 0. The fourth-order valence-electron chi connectivity index (χ4n) is 1.07. The van der Waals surface area contributed by atoms with Gasteiger partial charge < -0.3 is 26.1 Å². The highest BCUT2D eigenvalue weighted by Crippen LogP contribution is 1.98. The summed E-state index contributed by atoms with van der Waals surface area (Å²) in [6.07, 6.45) is 1.42. The number of rotatable bonds is 10. The largest absolute Gasteiger partial charge is 0.748 e. The lowest BCUT2D eigenvalue weighted by molar-refractivity contribution is 0.128. The van der Waals surface area contributed by atoms with Gasteiger partial charge in [0.1, 0.15) is 0 Å². The van der Waals surface area contributed by atoms with Crippen LogP contribution < -0.4 is 12.3 Å². The van der Waals surface area contributed by atoms with E-state index in [9.17, 15) is 25.9 Å². The molecule has 120 valence electrons. The van der Waals surface area contributed by atoms with Crippen LogP contribution in [0.15, 0.2) is 0 Å². The van der Waals surface area contributed by atoms with E-state index < -0.39 is 31.7 Å². The van der Waals surface area contributed by atoms with Gasteiger partial charge in [0.2, 0.25) is 0 Å². The van der Waals surface area contributed by atoms with Crippen LogP contribution in [-0.2, 0) is 25.0 Å². The second-order valence-electron chi connectivity index (χ2n) is 3.55. The zero-order chi connectivity index (χ0) is 13.4. The minimum Gasteiger partial charge on any atom is -0.748 e. The highest BCUT2D eigenvalue weighted by atomic mass is 32.2. The van der Waals surface area contributed by atoms with Crippen LogP contribution in [0.5, 0.6) is 0 Å². The second-order valence-corrected chi connectivity index (χ2v) is 6.60. The first-order chi connectivity index (χ1) is 7.71. The van der Waals surface area contributed by atoms with Crippen LogP contribution in [0.1, 0.15) is 25.7 Å². The van der Waals surface area contributed by atoms with Gasteiger partial charge in [-0.2, -0.15) is 0 Å². The van der Waals surface area contributed by atoms with Gasteiger partial charge in [0, 0.05) is 24.7 Å². The van der Waals surface area contributed by atoms with Gasteiger partial charge in [0.25, 0.3) is 0 Å². The summed E-state index contributed by atoms with van der Waals surface area (Å²) in [7, 11) is -8.30. The van der Waals surface area contributed by atoms with Crippen molar-refractivity contribution in [2.24, 2.45) is 0 Å². The van der Waals surface area contributed by atoms with Gasteiger partial charge in [-0.1, -0.05) is 0 Å². The molecule has 0 aromatic rings. The first-order valence-electron chi connectivity index (χ1n) is 5.15. The molecule has 11 heteroatoms. The summed E-state index contributed by atoms with van der Waals surface area (Å²) in [6, 6.07) is 0. The van der Waals surface area contributed by atoms with Crippen molar-refractivity contribution in [1.29, 1.82) is 0 Å². The van der Waals surface area contributed by atoms with Crippen LogP contribution in [0, 0.1) is 0 Å². The molecule has 0 unspecified atom stereocenters. The third-order valence-electron chi connectivity index (χ3n) is 1.87. The van der Waals surface area contributed by atoms with E-state index in [-0.39, 0.29) is 25.1 Å². The van der Waals surface area contributed by atoms with Crippen LogP contribution in [-0.4, -0.2) is 50.7 Å². The van der Waals surface area contributed by atoms with E-state index in [1.54, 1.807) is 0 Å². The molecule has 0 aromatic heterocycles. The third-order valence-corrected chi connectivity index (χ3v) is 3.44. The van der Waals surface area contributed by atoms with E-state index in [4.69, 9.17) is 4.74 Å². The molecule has 0 atom stereocenters. The summed E-state index contributed by atoms with van der Waals surface area (Å²) in [5.41, 5.74) is 0. The summed E-state index contributed by atoms with van der Waals surface area (Å²) >= 11 is 0. The Morgan fingerprint density at radius 3 is 1.26 bits per heavy atom. The number of hydrogen-bond donors (Lipinski definition) is 2. The predicted molar refractivity (Wildman–Crippen MR) is 70.4 cm³/mol. The minimum atomic E-state index is -4.15. The fraction of sp³-hybridized carbons (Fsp3) is 1.00. The molecule has 0 bridgehead atoms. The number of unbranched alkanes of at least 4 members (excludes halogenated alkanes) is 2. The van der Waals surface area contributed by atoms with Gasteiger partial charge in [0.15, 0.2) is 0 Å². The molecule has 9 nitrogen and oxygen atoms in total. The molecule has 0 spiro atoms. The molecule has 0 amide bonds. The van der Waals surface area contributed by atoms with Gasteiger partial charge in [-0.15, -0.1) is 0 Å². The maximum atomic E-state index is 10.2. The Hall–Kier alpha value is -0.300. The molecule has 0 heterocycles. The van der Waals surface area contributed by atoms with E-state index >= 15 is 0 Å². The molecule has 0 aliphatic rings. The highest BCUT2D eigenvalue weighted by Gasteiger charge is 1.97. The molecule has 0 aromatic carbocycles. The van der Waals surface area contributed by atoms with Crippen molar-refractivity contribution in [3.05, 3.63) is 0 Å². The maximum absolute atomic E-state index is 10.2. The number of quaternary nitrogens is 2. The van der Waals surface area contributed by atoms with Crippen molar-refractivity contribution in [3.8, 4) is 0 Å². The average molecular weight is 324 g/mol. The van der Waals surface area contributed by atoms with Crippen molar-refractivity contribution >= 4 is 20.2 Å². The zero-order valence-corrected chi connectivity index (χ0v) is 13.0. The quantitative estimate of drug-likeness (QED) is 0.428. The Kier molecular flexibility index (Phi) is 14.4. The molecular formula is C8H24N2O7S2. The highest BCUT2D eigenvalue weighted by molar-refractivity contribution is 7.85. The molecule has 0 radical (unpaired) electrons. The van der Waals surface area contributed by atoms with Crippen LogP contribution >= 0.6 is 0 Å². The Morgan fingerprint density at radius 2 is 1.00 bits per heavy atom.